The maximum atomic E-state index is 12.5. The second-order valence-electron chi connectivity index (χ2n) is 3.95. The predicted molar refractivity (Wildman–Crippen MR) is 65.7 cm³/mol. The van der Waals surface area contributed by atoms with Gasteiger partial charge in [0.05, 0.1) is 6.29 Å². The van der Waals surface area contributed by atoms with Gasteiger partial charge in [0.25, 0.3) is 0 Å². The molecule has 0 aromatic rings. The van der Waals surface area contributed by atoms with Crippen LogP contribution in [0.3, 0.4) is 0 Å². The summed E-state index contributed by atoms with van der Waals surface area (Å²) >= 11 is 0. The van der Waals surface area contributed by atoms with Gasteiger partial charge >= 0.3 is 0 Å². The third-order valence-corrected chi connectivity index (χ3v) is 6.05. The summed E-state index contributed by atoms with van der Waals surface area (Å²) in [6.45, 7) is 10.6. The normalized spacial score (nSPS) is 12.4. The Balaban J connectivity index is 4.26. The topological polar surface area (TPSA) is 20.3 Å². The number of rotatable bonds is 8. The third-order valence-electron chi connectivity index (χ3n) is 2.61. The lowest BCUT2D eigenvalue weighted by Gasteiger charge is -2.25. The molecule has 0 saturated carbocycles. The highest BCUT2D eigenvalue weighted by atomic mass is 31.2. The Morgan fingerprint density at radius 1 is 0.929 bits per heavy atom. The van der Waals surface area contributed by atoms with Crippen LogP contribution in [-0.2, 0) is 4.57 Å². The summed E-state index contributed by atoms with van der Waals surface area (Å²) < 4.78 is 12.5. The summed E-state index contributed by atoms with van der Waals surface area (Å²) in [6.07, 6.45) is 4.80. The van der Waals surface area contributed by atoms with Gasteiger partial charge in [-0.05, 0) is 25.9 Å². The maximum absolute atomic E-state index is 12.5. The fraction of sp³-hybridized carbons (Fsp3) is 1.00. The molecule has 0 fully saturated rings. The summed E-state index contributed by atoms with van der Waals surface area (Å²) in [5.41, 5.74) is 0. The number of hydrogen-bond acceptors (Lipinski definition) is 2. The zero-order valence-electron chi connectivity index (χ0n) is 10.3. The number of nitrogens with zero attached hydrogens (tertiary/aromatic N) is 1. The third kappa shape index (κ3) is 5.17. The first-order valence-corrected chi connectivity index (χ1v) is 8.17. The zero-order valence-corrected chi connectivity index (χ0v) is 11.1. The fourth-order valence-corrected chi connectivity index (χ4v) is 5.12. The maximum Gasteiger partial charge on any atom is 0.101 e. The quantitative estimate of drug-likeness (QED) is 0.583. The molecule has 0 bridgehead atoms. The Bertz CT molecular complexity index is 168. The van der Waals surface area contributed by atoms with Crippen LogP contribution in [0.15, 0.2) is 0 Å². The lowest BCUT2D eigenvalue weighted by molar-refractivity contribution is 0.347. The molecule has 0 radical (unpaired) electrons. The molecule has 0 N–H and O–H groups in total. The van der Waals surface area contributed by atoms with Crippen molar-refractivity contribution in [1.82, 2.24) is 4.90 Å². The van der Waals surface area contributed by atoms with Crippen LogP contribution in [0, 0.1) is 0 Å². The lowest BCUT2D eigenvalue weighted by atomic mass is 10.6. The molecule has 0 spiro atoms. The van der Waals surface area contributed by atoms with E-state index in [2.05, 4.69) is 32.6 Å². The van der Waals surface area contributed by atoms with Crippen molar-refractivity contribution in [3.8, 4) is 0 Å². The summed E-state index contributed by atoms with van der Waals surface area (Å²) in [5.74, 6) is 0. The Kier molecular flexibility index (Phi) is 7.58. The van der Waals surface area contributed by atoms with E-state index in [1.165, 1.54) is 0 Å². The first-order chi connectivity index (χ1) is 6.61. The molecule has 14 heavy (non-hydrogen) atoms. The molecule has 0 aliphatic heterocycles. The second kappa shape index (κ2) is 7.48. The minimum Gasteiger partial charge on any atom is -0.322 e. The molecule has 3 heteroatoms. The van der Waals surface area contributed by atoms with Crippen LogP contribution in [0.5, 0.6) is 0 Å². The molecule has 0 rings (SSSR count). The molecule has 2 nitrogen and oxygen atoms in total. The molecule has 0 atom stereocenters. The van der Waals surface area contributed by atoms with Crippen molar-refractivity contribution in [2.24, 2.45) is 0 Å². The molecule has 0 heterocycles. The van der Waals surface area contributed by atoms with Crippen molar-refractivity contribution in [2.75, 3.05) is 31.7 Å². The molecule has 0 aromatic heterocycles. The van der Waals surface area contributed by atoms with Crippen molar-refractivity contribution in [1.29, 1.82) is 0 Å². The van der Waals surface area contributed by atoms with E-state index in [0.717, 1.165) is 44.5 Å². The van der Waals surface area contributed by atoms with Crippen molar-refractivity contribution >= 4 is 7.14 Å². The van der Waals surface area contributed by atoms with E-state index in [0.29, 0.717) is 0 Å². The van der Waals surface area contributed by atoms with Crippen LogP contribution in [0.2, 0.25) is 0 Å². The van der Waals surface area contributed by atoms with Gasteiger partial charge in [-0.1, -0.05) is 27.7 Å². The Hall–Kier alpha value is 0.190. The van der Waals surface area contributed by atoms with Gasteiger partial charge in [0.15, 0.2) is 0 Å². The lowest BCUT2D eigenvalue weighted by Crippen LogP contribution is -2.25. The van der Waals surface area contributed by atoms with Crippen LogP contribution in [0.25, 0.3) is 0 Å². The summed E-state index contributed by atoms with van der Waals surface area (Å²) in [6, 6.07) is 0. The van der Waals surface area contributed by atoms with Gasteiger partial charge in [-0.3, -0.25) is 4.90 Å². The number of hydrogen-bond donors (Lipinski definition) is 0. The van der Waals surface area contributed by atoms with Crippen LogP contribution in [0.1, 0.15) is 40.5 Å². The molecule has 0 amide bonds. The molecular weight excluding hydrogens is 193 g/mol. The van der Waals surface area contributed by atoms with Gasteiger partial charge in [-0.25, -0.2) is 0 Å². The van der Waals surface area contributed by atoms with E-state index >= 15 is 0 Å². The minimum atomic E-state index is -1.88. The minimum absolute atomic E-state index is 0.835. The molecule has 86 valence electrons. The first-order valence-electron chi connectivity index (χ1n) is 5.91. The smallest absolute Gasteiger partial charge is 0.101 e. The highest BCUT2D eigenvalue weighted by Gasteiger charge is 2.21. The largest absolute Gasteiger partial charge is 0.322 e. The van der Waals surface area contributed by atoms with Gasteiger partial charge in [-0.15, -0.1) is 0 Å². The van der Waals surface area contributed by atoms with E-state index in [4.69, 9.17) is 0 Å². The average Bonchev–Trinajstić information content (AvgIpc) is 2.15. The van der Waals surface area contributed by atoms with Crippen molar-refractivity contribution in [2.45, 2.75) is 40.5 Å². The van der Waals surface area contributed by atoms with Crippen LogP contribution >= 0.6 is 7.14 Å². The molecule has 0 unspecified atom stereocenters. The molecular formula is C11H26NOP. The van der Waals surface area contributed by atoms with Gasteiger partial charge in [0, 0.05) is 12.3 Å². The second-order valence-corrected chi connectivity index (χ2v) is 7.24. The summed E-state index contributed by atoms with van der Waals surface area (Å²) in [4.78, 5) is 2.30. The Morgan fingerprint density at radius 3 is 1.64 bits per heavy atom. The monoisotopic (exact) mass is 219 g/mol. The zero-order chi connectivity index (χ0) is 11.0. The fourth-order valence-electron chi connectivity index (χ4n) is 1.86. The van der Waals surface area contributed by atoms with Crippen LogP contribution < -0.4 is 0 Å². The predicted octanol–water partition coefficient (Wildman–Crippen LogP) is 3.47. The highest BCUT2D eigenvalue weighted by molar-refractivity contribution is 7.63. The molecule has 0 aromatic carbocycles. The van der Waals surface area contributed by atoms with E-state index < -0.39 is 7.14 Å². The average molecular weight is 219 g/mol. The van der Waals surface area contributed by atoms with Crippen LogP contribution in [0.4, 0.5) is 0 Å². The Morgan fingerprint density at radius 2 is 1.36 bits per heavy atom. The summed E-state index contributed by atoms with van der Waals surface area (Å²) in [7, 11) is -1.88. The molecule has 0 saturated heterocycles. The van der Waals surface area contributed by atoms with Crippen molar-refractivity contribution in [3.63, 3.8) is 0 Å². The van der Waals surface area contributed by atoms with Gasteiger partial charge in [0.2, 0.25) is 0 Å². The van der Waals surface area contributed by atoms with E-state index in [-0.39, 0.29) is 0 Å². The first kappa shape index (κ1) is 14.2. The van der Waals surface area contributed by atoms with Gasteiger partial charge < -0.3 is 4.57 Å². The standard InChI is InChI=1S/C11H26NOP/c1-5-9-14(13,10-6-2)11-12(7-3)8-4/h5-11H2,1-4H3. The summed E-state index contributed by atoms with van der Waals surface area (Å²) in [5, 5.41) is 0. The van der Waals surface area contributed by atoms with Crippen molar-refractivity contribution in [3.05, 3.63) is 0 Å². The van der Waals surface area contributed by atoms with E-state index in [9.17, 15) is 4.57 Å². The van der Waals surface area contributed by atoms with Crippen molar-refractivity contribution < 1.29 is 4.57 Å². The molecule has 0 aliphatic carbocycles. The van der Waals surface area contributed by atoms with E-state index in [1.807, 2.05) is 0 Å². The SMILES string of the molecule is CCCP(=O)(CCC)CN(CC)CC. The van der Waals surface area contributed by atoms with Crippen LogP contribution in [-0.4, -0.2) is 36.6 Å². The molecule has 0 aliphatic rings. The van der Waals surface area contributed by atoms with Gasteiger partial charge in [0.1, 0.15) is 7.14 Å². The van der Waals surface area contributed by atoms with E-state index in [1.54, 1.807) is 0 Å². The highest BCUT2D eigenvalue weighted by Crippen LogP contribution is 2.47. The Labute approximate surface area is 89.4 Å². The van der Waals surface area contributed by atoms with Gasteiger partial charge in [-0.2, -0.15) is 0 Å².